The maximum Gasteiger partial charge on any atom is 0.331 e. The van der Waals surface area contributed by atoms with E-state index in [-0.39, 0.29) is 29.1 Å². The highest BCUT2D eigenvalue weighted by atomic mass is 16.4. The molecule has 0 radical (unpaired) electrons. The summed E-state index contributed by atoms with van der Waals surface area (Å²) in [6.45, 7) is 3.79. The summed E-state index contributed by atoms with van der Waals surface area (Å²) in [6.07, 6.45) is 3.39. The highest BCUT2D eigenvalue weighted by molar-refractivity contribution is 6.04. The number of carboxylic acid groups (broad SMARTS) is 1. The number of rotatable bonds is 6. The lowest BCUT2D eigenvalue weighted by molar-refractivity contribution is -0.132. The number of allylic oxidation sites excluding steroid dienone is 3. The van der Waals surface area contributed by atoms with Crippen molar-refractivity contribution in [2.24, 2.45) is 0 Å². The highest BCUT2D eigenvalue weighted by Crippen LogP contribution is 2.24. The summed E-state index contributed by atoms with van der Waals surface area (Å²) in [5, 5.41) is 28.0. The van der Waals surface area contributed by atoms with E-state index in [4.69, 9.17) is 5.11 Å². The van der Waals surface area contributed by atoms with Crippen molar-refractivity contribution in [2.75, 3.05) is 0 Å². The van der Waals surface area contributed by atoms with E-state index >= 15 is 0 Å². The van der Waals surface area contributed by atoms with Crippen LogP contribution in [0, 0.1) is 0 Å². The first-order valence-corrected chi connectivity index (χ1v) is 6.42. The van der Waals surface area contributed by atoms with E-state index in [0.717, 1.165) is 11.6 Å². The van der Waals surface area contributed by atoms with Crippen molar-refractivity contribution in [3.63, 3.8) is 0 Å². The summed E-state index contributed by atoms with van der Waals surface area (Å²) >= 11 is 0. The average Bonchev–Trinajstić information content (AvgIpc) is 2.39. The van der Waals surface area contributed by atoms with Crippen LogP contribution in [0.4, 0.5) is 0 Å². The van der Waals surface area contributed by atoms with Gasteiger partial charge < -0.3 is 15.3 Å². The van der Waals surface area contributed by atoms with Gasteiger partial charge in [0.05, 0.1) is 5.56 Å². The Hall–Kier alpha value is -2.56. The van der Waals surface area contributed by atoms with Crippen LogP contribution in [0.5, 0.6) is 11.5 Å². The van der Waals surface area contributed by atoms with E-state index in [1.165, 1.54) is 18.2 Å². The van der Waals surface area contributed by atoms with Crippen LogP contribution in [0.1, 0.15) is 37.0 Å². The third-order valence-electron chi connectivity index (χ3n) is 2.80. The second-order valence-corrected chi connectivity index (χ2v) is 4.85. The van der Waals surface area contributed by atoms with Gasteiger partial charge in [0.25, 0.3) is 0 Å². The van der Waals surface area contributed by atoms with Crippen LogP contribution in [-0.4, -0.2) is 27.1 Å². The average molecular weight is 290 g/mol. The van der Waals surface area contributed by atoms with Crippen molar-refractivity contribution in [2.45, 2.75) is 26.7 Å². The quantitative estimate of drug-likeness (QED) is 0.324. The molecule has 3 N–H and O–H groups in total. The second kappa shape index (κ2) is 7.28. The summed E-state index contributed by atoms with van der Waals surface area (Å²) in [7, 11) is 0. The van der Waals surface area contributed by atoms with E-state index in [1.54, 1.807) is 0 Å². The van der Waals surface area contributed by atoms with Crippen molar-refractivity contribution >= 4 is 11.8 Å². The fourth-order valence-corrected chi connectivity index (χ4v) is 1.69. The molecule has 1 aromatic rings. The summed E-state index contributed by atoms with van der Waals surface area (Å²) in [4.78, 5) is 23.2. The van der Waals surface area contributed by atoms with Crippen LogP contribution in [-0.2, 0) is 4.79 Å². The van der Waals surface area contributed by atoms with E-state index in [2.05, 4.69) is 0 Å². The van der Waals surface area contributed by atoms with Crippen molar-refractivity contribution in [1.29, 1.82) is 0 Å². The Morgan fingerprint density at radius 1 is 1.14 bits per heavy atom. The van der Waals surface area contributed by atoms with Gasteiger partial charge in [0, 0.05) is 12.0 Å². The molecule has 0 aliphatic carbocycles. The molecule has 0 atom stereocenters. The molecule has 0 aliphatic heterocycles. The largest absolute Gasteiger partial charge is 0.508 e. The number of carboxylic acids is 1. The topological polar surface area (TPSA) is 94.8 Å². The van der Waals surface area contributed by atoms with Crippen molar-refractivity contribution in [3.05, 3.63) is 47.1 Å². The van der Waals surface area contributed by atoms with Crippen molar-refractivity contribution < 1.29 is 24.9 Å². The molecule has 1 aromatic carbocycles. The highest BCUT2D eigenvalue weighted by Gasteiger charge is 2.17. The molecule has 0 aromatic heterocycles. The fourth-order valence-electron chi connectivity index (χ4n) is 1.69. The molecule has 21 heavy (non-hydrogen) atoms. The number of aromatic hydroxyl groups is 2. The smallest absolute Gasteiger partial charge is 0.331 e. The number of ketones is 1. The number of benzene rings is 1. The first-order chi connectivity index (χ1) is 9.81. The van der Waals surface area contributed by atoms with Crippen molar-refractivity contribution in [1.82, 2.24) is 0 Å². The molecular weight excluding hydrogens is 272 g/mol. The Bertz CT molecular complexity index is 607. The molecule has 0 saturated heterocycles. The summed E-state index contributed by atoms with van der Waals surface area (Å²) < 4.78 is 0. The van der Waals surface area contributed by atoms with Crippen LogP contribution in [0.3, 0.4) is 0 Å². The van der Waals surface area contributed by atoms with E-state index < -0.39 is 11.8 Å². The SMILES string of the molecule is CC(C)=CCC=C(CC(=O)c1cc(O)ccc1O)C(=O)O. The molecule has 5 heteroatoms. The summed E-state index contributed by atoms with van der Waals surface area (Å²) in [5.41, 5.74) is 0.914. The first-order valence-electron chi connectivity index (χ1n) is 6.42. The number of hydrogen-bond acceptors (Lipinski definition) is 4. The molecule has 0 fully saturated rings. The van der Waals surface area contributed by atoms with Crippen LogP contribution < -0.4 is 0 Å². The van der Waals surface area contributed by atoms with E-state index in [0.29, 0.717) is 6.42 Å². The minimum Gasteiger partial charge on any atom is -0.508 e. The van der Waals surface area contributed by atoms with E-state index in [1.807, 2.05) is 19.9 Å². The molecule has 0 amide bonds. The molecule has 0 heterocycles. The Morgan fingerprint density at radius 3 is 2.38 bits per heavy atom. The van der Waals surface area contributed by atoms with Gasteiger partial charge in [-0.15, -0.1) is 0 Å². The number of hydrogen-bond donors (Lipinski definition) is 3. The Labute approximate surface area is 122 Å². The van der Waals surface area contributed by atoms with Gasteiger partial charge in [-0.1, -0.05) is 17.7 Å². The maximum absolute atomic E-state index is 12.0. The Kier molecular flexibility index (Phi) is 5.72. The summed E-state index contributed by atoms with van der Waals surface area (Å²) in [5.74, 6) is -2.19. The van der Waals surface area contributed by atoms with Gasteiger partial charge >= 0.3 is 5.97 Å². The van der Waals surface area contributed by atoms with Gasteiger partial charge in [-0.05, 0) is 38.5 Å². The van der Waals surface area contributed by atoms with Gasteiger partial charge in [-0.2, -0.15) is 0 Å². The van der Waals surface area contributed by atoms with Crippen molar-refractivity contribution in [3.8, 4) is 11.5 Å². The Balaban J connectivity index is 2.94. The number of carbonyl (C=O) groups excluding carboxylic acids is 1. The zero-order chi connectivity index (χ0) is 16.0. The number of phenols is 2. The zero-order valence-corrected chi connectivity index (χ0v) is 12.0. The number of carbonyl (C=O) groups is 2. The normalized spacial score (nSPS) is 11.0. The second-order valence-electron chi connectivity index (χ2n) is 4.85. The first kappa shape index (κ1) is 16.5. The number of aliphatic carboxylic acids is 1. The molecule has 0 bridgehead atoms. The number of phenolic OH excluding ortho intramolecular Hbond substituents is 2. The van der Waals surface area contributed by atoms with Gasteiger partial charge in [-0.3, -0.25) is 4.79 Å². The van der Waals surface area contributed by atoms with E-state index in [9.17, 15) is 19.8 Å². The van der Waals surface area contributed by atoms with Crippen LogP contribution >= 0.6 is 0 Å². The van der Waals surface area contributed by atoms with Crippen LogP contribution in [0.15, 0.2) is 41.5 Å². The molecular formula is C16H18O5. The molecule has 5 nitrogen and oxygen atoms in total. The predicted molar refractivity (Wildman–Crippen MR) is 78.5 cm³/mol. The summed E-state index contributed by atoms with van der Waals surface area (Å²) in [6, 6.07) is 3.55. The fraction of sp³-hybridized carbons (Fsp3) is 0.250. The molecule has 0 spiro atoms. The molecule has 0 saturated carbocycles. The van der Waals surface area contributed by atoms with Gasteiger partial charge in [-0.25, -0.2) is 4.79 Å². The number of Topliss-reactive ketones (excluding diaryl/α,β-unsaturated/α-hetero) is 1. The predicted octanol–water partition coefficient (Wildman–Crippen LogP) is 3.04. The molecule has 112 valence electrons. The lowest BCUT2D eigenvalue weighted by atomic mass is 10.0. The Morgan fingerprint density at radius 2 is 1.81 bits per heavy atom. The van der Waals surface area contributed by atoms with Crippen LogP contribution in [0.25, 0.3) is 0 Å². The van der Waals surface area contributed by atoms with Crippen LogP contribution in [0.2, 0.25) is 0 Å². The lowest BCUT2D eigenvalue weighted by Gasteiger charge is -2.05. The zero-order valence-electron chi connectivity index (χ0n) is 12.0. The monoisotopic (exact) mass is 290 g/mol. The van der Waals surface area contributed by atoms with Gasteiger partial charge in [0.2, 0.25) is 0 Å². The standard InChI is InChI=1S/C16H18O5/c1-10(2)4-3-5-11(16(20)21)8-15(19)13-9-12(17)6-7-14(13)18/h4-7,9,17-18H,3,8H2,1-2H3,(H,20,21). The lowest BCUT2D eigenvalue weighted by Crippen LogP contribution is -2.08. The minimum absolute atomic E-state index is 0.0414. The van der Waals surface area contributed by atoms with Gasteiger partial charge in [0.1, 0.15) is 11.5 Å². The molecule has 0 aliphatic rings. The third-order valence-corrected chi connectivity index (χ3v) is 2.80. The molecule has 1 rings (SSSR count). The minimum atomic E-state index is -1.18. The third kappa shape index (κ3) is 5.14. The molecule has 0 unspecified atom stereocenters. The van der Waals surface area contributed by atoms with Gasteiger partial charge in [0.15, 0.2) is 5.78 Å². The maximum atomic E-state index is 12.0.